The maximum Gasteiger partial charge on any atom is 0.416 e. The van der Waals surface area contributed by atoms with Crippen LogP contribution in [-0.2, 0) is 15.7 Å². The lowest BCUT2D eigenvalue weighted by molar-refractivity contribution is -0.137. The van der Waals surface area contributed by atoms with Gasteiger partial charge in [-0.15, -0.1) is 5.10 Å². The predicted octanol–water partition coefficient (Wildman–Crippen LogP) is 5.37. The van der Waals surface area contributed by atoms with Crippen molar-refractivity contribution in [2.75, 3.05) is 11.9 Å². The summed E-state index contributed by atoms with van der Waals surface area (Å²) in [6.07, 6.45) is -4.56. The van der Waals surface area contributed by atoms with E-state index in [1.165, 1.54) is 12.1 Å². The highest BCUT2D eigenvalue weighted by atomic mass is 19.4. The second-order valence-electron chi connectivity index (χ2n) is 8.03. The fraction of sp³-hybridized carbons (Fsp3) is 0.154. The molecule has 1 aromatic heterocycles. The standard InChI is InChI=1S/C26H21F3N4O3/c1-16-11-12-21(17(2)13-16)30-22(34)15-36-25(35)23-31-24(18-7-4-3-5-8-18)33(32-23)20-10-6-9-19(14-20)26(27,28)29/h3-14H,15H2,1-2H3,(H,30,34). The Morgan fingerprint density at radius 3 is 2.42 bits per heavy atom. The van der Waals surface area contributed by atoms with Gasteiger partial charge in [-0.25, -0.2) is 14.5 Å². The van der Waals surface area contributed by atoms with Crippen molar-refractivity contribution < 1.29 is 27.5 Å². The molecule has 184 valence electrons. The van der Waals surface area contributed by atoms with Gasteiger partial charge in [0.1, 0.15) is 0 Å². The zero-order valence-electron chi connectivity index (χ0n) is 19.3. The molecule has 4 aromatic rings. The molecule has 1 heterocycles. The monoisotopic (exact) mass is 494 g/mol. The molecule has 0 fully saturated rings. The molecule has 0 aliphatic heterocycles. The molecular weight excluding hydrogens is 473 g/mol. The summed E-state index contributed by atoms with van der Waals surface area (Å²) >= 11 is 0. The number of hydrogen-bond acceptors (Lipinski definition) is 5. The average Bonchev–Trinajstić information content (AvgIpc) is 3.30. The van der Waals surface area contributed by atoms with Crippen LogP contribution in [0.4, 0.5) is 18.9 Å². The number of esters is 1. The maximum absolute atomic E-state index is 13.3. The molecule has 0 aliphatic rings. The van der Waals surface area contributed by atoms with E-state index < -0.39 is 36.0 Å². The molecule has 0 spiro atoms. The molecule has 10 heteroatoms. The van der Waals surface area contributed by atoms with E-state index in [0.29, 0.717) is 11.3 Å². The molecule has 1 amide bonds. The van der Waals surface area contributed by atoms with Crippen molar-refractivity contribution in [1.29, 1.82) is 0 Å². The summed E-state index contributed by atoms with van der Waals surface area (Å²) in [5.74, 6) is -1.81. The number of nitrogens with zero attached hydrogens (tertiary/aromatic N) is 3. The van der Waals surface area contributed by atoms with E-state index >= 15 is 0 Å². The van der Waals surface area contributed by atoms with E-state index in [2.05, 4.69) is 15.4 Å². The van der Waals surface area contributed by atoms with Gasteiger partial charge in [-0.2, -0.15) is 13.2 Å². The van der Waals surface area contributed by atoms with Gasteiger partial charge in [-0.05, 0) is 43.7 Å². The number of alkyl halides is 3. The fourth-order valence-corrected chi connectivity index (χ4v) is 3.50. The van der Waals surface area contributed by atoms with Crippen LogP contribution in [0.5, 0.6) is 0 Å². The van der Waals surface area contributed by atoms with Gasteiger partial charge in [-0.1, -0.05) is 54.1 Å². The minimum Gasteiger partial charge on any atom is -0.450 e. The molecule has 36 heavy (non-hydrogen) atoms. The first-order valence-corrected chi connectivity index (χ1v) is 10.9. The van der Waals surface area contributed by atoms with Gasteiger partial charge in [0, 0.05) is 11.3 Å². The van der Waals surface area contributed by atoms with E-state index in [4.69, 9.17) is 4.74 Å². The third-order valence-electron chi connectivity index (χ3n) is 5.23. The van der Waals surface area contributed by atoms with Gasteiger partial charge in [0.25, 0.3) is 11.7 Å². The number of ether oxygens (including phenoxy) is 1. The first-order valence-electron chi connectivity index (χ1n) is 10.9. The van der Waals surface area contributed by atoms with Crippen LogP contribution in [0, 0.1) is 13.8 Å². The summed E-state index contributed by atoms with van der Waals surface area (Å²) in [5.41, 5.74) is 2.18. The second-order valence-corrected chi connectivity index (χ2v) is 8.03. The number of carbonyl (C=O) groups excluding carboxylic acids is 2. The normalized spacial score (nSPS) is 11.2. The summed E-state index contributed by atoms with van der Waals surface area (Å²) in [7, 11) is 0. The maximum atomic E-state index is 13.3. The molecule has 0 aliphatic carbocycles. The number of aromatic nitrogens is 3. The van der Waals surface area contributed by atoms with Crippen molar-refractivity contribution >= 4 is 17.6 Å². The Morgan fingerprint density at radius 1 is 0.972 bits per heavy atom. The van der Waals surface area contributed by atoms with Crippen LogP contribution < -0.4 is 5.32 Å². The van der Waals surface area contributed by atoms with Gasteiger partial charge in [0.05, 0.1) is 11.3 Å². The SMILES string of the molecule is Cc1ccc(NC(=O)COC(=O)c2nc(-c3ccccc3)n(-c3cccc(C(F)(F)F)c3)n2)c(C)c1. The fourth-order valence-electron chi connectivity index (χ4n) is 3.50. The number of aryl methyl sites for hydroxylation is 2. The quantitative estimate of drug-likeness (QED) is 0.365. The van der Waals surface area contributed by atoms with Crippen molar-refractivity contribution in [3.05, 3.63) is 95.3 Å². The average molecular weight is 494 g/mol. The number of nitrogens with one attached hydrogen (secondary N) is 1. The molecule has 0 radical (unpaired) electrons. The number of halogens is 3. The Kier molecular flexibility index (Phi) is 6.86. The van der Waals surface area contributed by atoms with Crippen LogP contribution in [0.2, 0.25) is 0 Å². The lowest BCUT2D eigenvalue weighted by Gasteiger charge is -2.10. The molecule has 7 nitrogen and oxygen atoms in total. The predicted molar refractivity (Wildman–Crippen MR) is 127 cm³/mol. The van der Waals surface area contributed by atoms with Crippen LogP contribution >= 0.6 is 0 Å². The molecule has 1 N–H and O–H groups in total. The number of rotatable bonds is 6. The van der Waals surface area contributed by atoms with Crippen molar-refractivity contribution in [3.8, 4) is 17.1 Å². The smallest absolute Gasteiger partial charge is 0.416 e. The van der Waals surface area contributed by atoms with E-state index in [1.807, 2.05) is 26.0 Å². The highest BCUT2D eigenvalue weighted by molar-refractivity contribution is 5.95. The molecule has 0 saturated heterocycles. The number of amides is 1. The molecule has 0 unspecified atom stereocenters. The van der Waals surface area contributed by atoms with Gasteiger partial charge in [0.2, 0.25) is 0 Å². The zero-order valence-corrected chi connectivity index (χ0v) is 19.3. The molecule has 0 atom stereocenters. The lowest BCUT2D eigenvalue weighted by Crippen LogP contribution is -2.22. The van der Waals surface area contributed by atoms with Crippen LogP contribution in [0.1, 0.15) is 27.3 Å². The Morgan fingerprint density at radius 2 is 1.72 bits per heavy atom. The minimum atomic E-state index is -4.56. The van der Waals surface area contributed by atoms with Gasteiger partial charge in [-0.3, -0.25) is 4.79 Å². The topological polar surface area (TPSA) is 86.1 Å². The highest BCUT2D eigenvalue weighted by Crippen LogP contribution is 2.31. The Bertz CT molecular complexity index is 1420. The van der Waals surface area contributed by atoms with Crippen LogP contribution in [0.15, 0.2) is 72.8 Å². The van der Waals surface area contributed by atoms with Crippen LogP contribution in [0.3, 0.4) is 0 Å². The molecular formula is C26H21F3N4O3. The largest absolute Gasteiger partial charge is 0.450 e. The van der Waals surface area contributed by atoms with Crippen molar-refractivity contribution in [2.24, 2.45) is 0 Å². The Labute approximate surface area is 204 Å². The lowest BCUT2D eigenvalue weighted by atomic mass is 10.1. The van der Waals surface area contributed by atoms with E-state index in [-0.39, 0.29) is 11.5 Å². The highest BCUT2D eigenvalue weighted by Gasteiger charge is 2.31. The zero-order chi connectivity index (χ0) is 25.9. The summed E-state index contributed by atoms with van der Waals surface area (Å²) in [6, 6.07) is 18.5. The molecule has 4 rings (SSSR count). The summed E-state index contributed by atoms with van der Waals surface area (Å²) in [5, 5.41) is 6.76. The third-order valence-corrected chi connectivity index (χ3v) is 5.23. The Hall–Kier alpha value is -4.47. The van der Waals surface area contributed by atoms with E-state index in [9.17, 15) is 22.8 Å². The number of hydrogen-bond donors (Lipinski definition) is 1. The van der Waals surface area contributed by atoms with Gasteiger partial charge < -0.3 is 10.1 Å². The first-order chi connectivity index (χ1) is 17.1. The summed E-state index contributed by atoms with van der Waals surface area (Å²) < 4.78 is 46.0. The molecule has 0 bridgehead atoms. The van der Waals surface area contributed by atoms with Crippen molar-refractivity contribution in [1.82, 2.24) is 14.8 Å². The third kappa shape index (κ3) is 5.60. The van der Waals surface area contributed by atoms with E-state index in [0.717, 1.165) is 27.9 Å². The summed E-state index contributed by atoms with van der Waals surface area (Å²) in [6.45, 7) is 3.17. The van der Waals surface area contributed by atoms with Gasteiger partial charge >= 0.3 is 12.1 Å². The van der Waals surface area contributed by atoms with Gasteiger partial charge in [0.15, 0.2) is 12.4 Å². The molecule has 0 saturated carbocycles. The number of anilines is 1. The minimum absolute atomic E-state index is 0.0582. The molecule has 3 aromatic carbocycles. The summed E-state index contributed by atoms with van der Waals surface area (Å²) in [4.78, 5) is 29.1. The van der Waals surface area contributed by atoms with Crippen LogP contribution in [0.25, 0.3) is 17.1 Å². The van der Waals surface area contributed by atoms with Crippen LogP contribution in [-0.4, -0.2) is 33.2 Å². The number of benzene rings is 3. The number of carbonyl (C=O) groups is 2. The van der Waals surface area contributed by atoms with E-state index in [1.54, 1.807) is 36.4 Å². The second kappa shape index (κ2) is 10.0. The van der Waals surface area contributed by atoms with Crippen molar-refractivity contribution in [3.63, 3.8) is 0 Å². The Balaban J connectivity index is 1.58. The van der Waals surface area contributed by atoms with Crippen molar-refractivity contribution in [2.45, 2.75) is 20.0 Å². The first kappa shape index (κ1) is 24.6.